The maximum absolute atomic E-state index is 13.1. The van der Waals surface area contributed by atoms with E-state index < -0.39 is 17.6 Å². The van der Waals surface area contributed by atoms with Crippen LogP contribution in [0.1, 0.15) is 5.56 Å². The van der Waals surface area contributed by atoms with Crippen LogP contribution in [0.3, 0.4) is 0 Å². The lowest BCUT2D eigenvalue weighted by Gasteiger charge is -2.10. The zero-order valence-corrected chi connectivity index (χ0v) is 10.5. The average Bonchev–Trinajstić information content (AvgIpc) is 2.28. The summed E-state index contributed by atoms with van der Waals surface area (Å²) < 4.78 is 51.4. The summed E-state index contributed by atoms with van der Waals surface area (Å²) in [6.45, 7) is 0. The average molecular weight is 319 g/mol. The summed E-state index contributed by atoms with van der Waals surface area (Å²) in [4.78, 5) is 0. The quantitative estimate of drug-likeness (QED) is 0.628. The van der Waals surface area contributed by atoms with Gasteiger partial charge in [0, 0.05) is 4.47 Å². The molecule has 2 rings (SSSR count). The summed E-state index contributed by atoms with van der Waals surface area (Å²) in [6.07, 6.45) is -4.41. The summed E-state index contributed by atoms with van der Waals surface area (Å²) >= 11 is 3.17. The van der Waals surface area contributed by atoms with Crippen molar-refractivity contribution in [2.75, 3.05) is 0 Å². The lowest BCUT2D eigenvalue weighted by atomic mass is 10.0. The summed E-state index contributed by atoms with van der Waals surface area (Å²) in [5, 5.41) is 0. The lowest BCUT2D eigenvalue weighted by Crippen LogP contribution is -2.04. The van der Waals surface area contributed by atoms with Crippen LogP contribution >= 0.6 is 15.9 Å². The first-order valence-electron chi connectivity index (χ1n) is 5.00. The number of rotatable bonds is 1. The fourth-order valence-corrected chi connectivity index (χ4v) is 2.05. The molecule has 2 aromatic rings. The third kappa shape index (κ3) is 2.72. The molecule has 0 amide bonds. The van der Waals surface area contributed by atoms with Crippen LogP contribution in [0, 0.1) is 5.82 Å². The highest BCUT2D eigenvalue weighted by molar-refractivity contribution is 9.10. The third-order valence-corrected chi connectivity index (χ3v) is 3.12. The molecule has 0 saturated heterocycles. The second-order valence-electron chi connectivity index (χ2n) is 3.70. The highest BCUT2D eigenvalue weighted by Gasteiger charge is 2.30. The molecule has 0 bridgehead atoms. The summed E-state index contributed by atoms with van der Waals surface area (Å²) in [5.74, 6) is -0.489. The molecule has 0 aliphatic heterocycles. The van der Waals surface area contributed by atoms with Gasteiger partial charge in [-0.3, -0.25) is 0 Å². The number of halogens is 5. The molecule has 0 aliphatic carbocycles. The molecule has 0 nitrogen and oxygen atoms in total. The molecule has 0 saturated carbocycles. The van der Waals surface area contributed by atoms with Crippen molar-refractivity contribution in [2.24, 2.45) is 0 Å². The van der Waals surface area contributed by atoms with E-state index in [0.717, 1.165) is 12.1 Å². The zero-order chi connectivity index (χ0) is 13.3. The molecule has 0 atom stereocenters. The first kappa shape index (κ1) is 13.1. The van der Waals surface area contributed by atoms with E-state index in [2.05, 4.69) is 15.9 Å². The van der Waals surface area contributed by atoms with Crippen molar-refractivity contribution in [1.82, 2.24) is 0 Å². The second-order valence-corrected chi connectivity index (χ2v) is 4.56. The van der Waals surface area contributed by atoms with Crippen molar-refractivity contribution in [3.8, 4) is 11.1 Å². The number of benzene rings is 2. The molecule has 0 spiro atoms. The molecule has 5 heteroatoms. The monoisotopic (exact) mass is 318 g/mol. The Balaban J connectivity index is 2.57. The minimum Gasteiger partial charge on any atom is -0.207 e. The van der Waals surface area contributed by atoms with Crippen LogP contribution in [0.25, 0.3) is 11.1 Å². The van der Waals surface area contributed by atoms with Crippen molar-refractivity contribution >= 4 is 15.9 Å². The van der Waals surface area contributed by atoms with E-state index in [1.165, 1.54) is 24.3 Å². The van der Waals surface area contributed by atoms with Gasteiger partial charge in [0.05, 0.1) is 5.56 Å². The largest absolute Gasteiger partial charge is 0.416 e. The Bertz CT molecular complexity index is 575. The van der Waals surface area contributed by atoms with Crippen LogP contribution in [0.5, 0.6) is 0 Å². The van der Waals surface area contributed by atoms with Crippen molar-refractivity contribution in [1.29, 1.82) is 0 Å². The molecular weight excluding hydrogens is 312 g/mol. The van der Waals surface area contributed by atoms with Crippen LogP contribution < -0.4 is 0 Å². The van der Waals surface area contributed by atoms with Gasteiger partial charge in [0.2, 0.25) is 0 Å². The van der Waals surface area contributed by atoms with Gasteiger partial charge >= 0.3 is 6.18 Å². The summed E-state index contributed by atoms with van der Waals surface area (Å²) in [7, 11) is 0. The van der Waals surface area contributed by atoms with Crippen LogP contribution in [0.4, 0.5) is 17.6 Å². The maximum Gasteiger partial charge on any atom is 0.416 e. The Kier molecular flexibility index (Phi) is 3.43. The fraction of sp³-hybridized carbons (Fsp3) is 0.0769. The van der Waals surface area contributed by atoms with Crippen LogP contribution in [-0.4, -0.2) is 0 Å². The molecule has 0 radical (unpaired) electrons. The Morgan fingerprint density at radius 2 is 1.67 bits per heavy atom. The fourth-order valence-electron chi connectivity index (χ4n) is 1.58. The molecule has 0 aliphatic rings. The number of alkyl halides is 3. The van der Waals surface area contributed by atoms with E-state index in [0.29, 0.717) is 15.6 Å². The van der Waals surface area contributed by atoms with Gasteiger partial charge in [-0.1, -0.05) is 28.1 Å². The van der Waals surface area contributed by atoms with Crippen LogP contribution in [0.2, 0.25) is 0 Å². The van der Waals surface area contributed by atoms with E-state index in [9.17, 15) is 17.6 Å². The van der Waals surface area contributed by atoms with E-state index in [1.54, 1.807) is 6.07 Å². The molecule has 0 N–H and O–H groups in total. The first-order chi connectivity index (χ1) is 8.38. The normalized spacial score (nSPS) is 11.6. The molecule has 18 heavy (non-hydrogen) atoms. The molecule has 0 fully saturated rings. The zero-order valence-electron chi connectivity index (χ0n) is 8.93. The predicted octanol–water partition coefficient (Wildman–Crippen LogP) is 5.27. The maximum atomic E-state index is 13.1. The number of hydrogen-bond donors (Lipinski definition) is 0. The highest BCUT2D eigenvalue weighted by atomic mass is 79.9. The van der Waals surface area contributed by atoms with E-state index in [1.807, 2.05) is 0 Å². The van der Waals surface area contributed by atoms with Crippen LogP contribution in [0.15, 0.2) is 46.9 Å². The SMILES string of the molecule is Fc1cccc(-c2cc(C(F)(F)F)ccc2Br)c1. The van der Waals surface area contributed by atoms with Crippen molar-refractivity contribution in [2.45, 2.75) is 6.18 Å². The topological polar surface area (TPSA) is 0 Å². The van der Waals surface area contributed by atoms with Gasteiger partial charge in [0.25, 0.3) is 0 Å². The van der Waals surface area contributed by atoms with E-state index in [-0.39, 0.29) is 0 Å². The molecule has 0 aromatic heterocycles. The van der Waals surface area contributed by atoms with Crippen molar-refractivity contribution < 1.29 is 17.6 Å². The third-order valence-electron chi connectivity index (χ3n) is 2.43. The second kappa shape index (κ2) is 4.72. The smallest absolute Gasteiger partial charge is 0.207 e. The molecule has 94 valence electrons. The molecular formula is C13H7BrF4. The van der Waals surface area contributed by atoms with Gasteiger partial charge in [-0.25, -0.2) is 4.39 Å². The standard InChI is InChI=1S/C13H7BrF4/c14-12-5-4-9(13(16,17)18)7-11(12)8-2-1-3-10(15)6-8/h1-7H. The van der Waals surface area contributed by atoms with Gasteiger partial charge in [-0.15, -0.1) is 0 Å². The van der Waals surface area contributed by atoms with Gasteiger partial charge in [-0.05, 0) is 41.5 Å². The first-order valence-corrected chi connectivity index (χ1v) is 5.80. The van der Waals surface area contributed by atoms with Gasteiger partial charge < -0.3 is 0 Å². The predicted molar refractivity (Wildman–Crippen MR) is 64.5 cm³/mol. The minimum absolute atomic E-state index is 0.310. The number of hydrogen-bond acceptors (Lipinski definition) is 0. The van der Waals surface area contributed by atoms with E-state index >= 15 is 0 Å². The van der Waals surface area contributed by atoms with Crippen molar-refractivity contribution in [3.63, 3.8) is 0 Å². The van der Waals surface area contributed by atoms with Crippen molar-refractivity contribution in [3.05, 3.63) is 58.3 Å². The molecule has 2 aromatic carbocycles. The molecule has 0 heterocycles. The minimum atomic E-state index is -4.41. The van der Waals surface area contributed by atoms with Gasteiger partial charge in [0.15, 0.2) is 0 Å². The Morgan fingerprint density at radius 3 is 2.28 bits per heavy atom. The lowest BCUT2D eigenvalue weighted by molar-refractivity contribution is -0.137. The summed E-state index contributed by atoms with van der Waals surface area (Å²) in [6, 6.07) is 8.74. The summed E-state index contributed by atoms with van der Waals surface area (Å²) in [5.41, 5.74) is -0.0535. The Hall–Kier alpha value is -1.36. The van der Waals surface area contributed by atoms with Crippen LogP contribution in [-0.2, 0) is 6.18 Å². The Morgan fingerprint density at radius 1 is 0.944 bits per heavy atom. The van der Waals surface area contributed by atoms with E-state index in [4.69, 9.17) is 0 Å². The molecule has 0 unspecified atom stereocenters. The van der Waals surface area contributed by atoms with Gasteiger partial charge in [0.1, 0.15) is 5.82 Å². The Labute approximate surface area is 109 Å². The van der Waals surface area contributed by atoms with Gasteiger partial charge in [-0.2, -0.15) is 13.2 Å². The highest BCUT2D eigenvalue weighted by Crippen LogP contribution is 2.36.